The summed E-state index contributed by atoms with van der Waals surface area (Å²) in [5.74, 6) is 0.723. The first-order valence-corrected chi connectivity index (χ1v) is 6.48. The fourth-order valence-electron chi connectivity index (χ4n) is 2.38. The average molecular weight is 230 g/mol. The summed E-state index contributed by atoms with van der Waals surface area (Å²) in [6.07, 6.45) is 6.10. The van der Waals surface area contributed by atoms with Crippen molar-refractivity contribution in [1.82, 2.24) is 5.32 Å². The zero-order chi connectivity index (χ0) is 11.7. The fraction of sp³-hybridized carbons (Fsp3) is 0.500. The van der Waals surface area contributed by atoms with Crippen LogP contribution in [0.25, 0.3) is 0 Å². The minimum atomic E-state index is -0.0742. The van der Waals surface area contributed by atoms with Gasteiger partial charge in [0.05, 0.1) is 0 Å². The van der Waals surface area contributed by atoms with Gasteiger partial charge < -0.3 is 10.6 Å². The molecule has 0 radical (unpaired) electrons. The maximum atomic E-state index is 11.6. The molecule has 2 aliphatic carbocycles. The summed E-state index contributed by atoms with van der Waals surface area (Å²) < 4.78 is 0. The predicted octanol–water partition coefficient (Wildman–Crippen LogP) is 2.71. The summed E-state index contributed by atoms with van der Waals surface area (Å²) in [5, 5.41) is 5.82. The van der Waals surface area contributed by atoms with Crippen LogP contribution < -0.4 is 10.6 Å². The number of anilines is 1. The third-order valence-electron chi connectivity index (χ3n) is 3.60. The number of amides is 2. The molecule has 2 aliphatic rings. The molecule has 17 heavy (non-hydrogen) atoms. The normalized spacial score (nSPS) is 17.6. The summed E-state index contributed by atoms with van der Waals surface area (Å²) >= 11 is 0. The maximum absolute atomic E-state index is 11.6. The lowest BCUT2D eigenvalue weighted by Crippen LogP contribution is -2.30. The SMILES string of the molecule is O=C(NCC1CC1)Nc1ccc2c(c1)CCC2. The van der Waals surface area contributed by atoms with Gasteiger partial charge >= 0.3 is 6.03 Å². The van der Waals surface area contributed by atoms with Crippen LogP contribution >= 0.6 is 0 Å². The minimum Gasteiger partial charge on any atom is -0.338 e. The summed E-state index contributed by atoms with van der Waals surface area (Å²) in [6, 6.07) is 6.17. The van der Waals surface area contributed by atoms with Crippen molar-refractivity contribution in [1.29, 1.82) is 0 Å². The maximum Gasteiger partial charge on any atom is 0.319 e. The van der Waals surface area contributed by atoms with E-state index in [1.165, 1.54) is 36.8 Å². The van der Waals surface area contributed by atoms with Crippen LogP contribution in [0.15, 0.2) is 18.2 Å². The van der Waals surface area contributed by atoms with Gasteiger partial charge in [-0.05, 0) is 61.3 Å². The Bertz CT molecular complexity index is 438. The van der Waals surface area contributed by atoms with Crippen LogP contribution in [0.5, 0.6) is 0 Å². The number of aryl methyl sites for hydroxylation is 2. The highest BCUT2D eigenvalue weighted by Crippen LogP contribution is 2.27. The molecule has 0 bridgehead atoms. The van der Waals surface area contributed by atoms with E-state index in [2.05, 4.69) is 22.8 Å². The van der Waals surface area contributed by atoms with Crippen molar-refractivity contribution in [2.45, 2.75) is 32.1 Å². The Kier molecular flexibility index (Phi) is 2.75. The number of carbonyl (C=O) groups excluding carboxylic acids is 1. The molecule has 2 amide bonds. The molecule has 0 heterocycles. The molecule has 2 N–H and O–H groups in total. The molecule has 0 unspecified atom stereocenters. The molecule has 1 fully saturated rings. The van der Waals surface area contributed by atoms with Crippen molar-refractivity contribution in [2.24, 2.45) is 5.92 Å². The minimum absolute atomic E-state index is 0.0742. The lowest BCUT2D eigenvalue weighted by molar-refractivity contribution is 0.251. The van der Waals surface area contributed by atoms with Gasteiger partial charge in [-0.2, -0.15) is 0 Å². The lowest BCUT2D eigenvalue weighted by Gasteiger charge is -2.08. The van der Waals surface area contributed by atoms with Crippen molar-refractivity contribution in [3.05, 3.63) is 29.3 Å². The molecule has 3 rings (SSSR count). The quantitative estimate of drug-likeness (QED) is 0.823. The molecule has 3 heteroatoms. The molecular formula is C14H18N2O. The van der Waals surface area contributed by atoms with Crippen molar-refractivity contribution < 1.29 is 4.79 Å². The highest BCUT2D eigenvalue weighted by Gasteiger charge is 2.21. The van der Waals surface area contributed by atoms with Crippen LogP contribution in [0.2, 0.25) is 0 Å². The molecule has 3 nitrogen and oxygen atoms in total. The molecule has 1 saturated carbocycles. The van der Waals surface area contributed by atoms with Gasteiger partial charge in [-0.25, -0.2) is 4.79 Å². The standard InChI is InChI=1S/C14H18N2O/c17-14(15-9-10-4-5-10)16-13-7-6-11-2-1-3-12(11)8-13/h6-8,10H,1-5,9H2,(H2,15,16,17). The molecule has 0 spiro atoms. The first-order chi connectivity index (χ1) is 8.31. The van der Waals surface area contributed by atoms with Gasteiger partial charge in [0.1, 0.15) is 0 Å². The Morgan fingerprint density at radius 2 is 2.06 bits per heavy atom. The van der Waals surface area contributed by atoms with Crippen LogP contribution in [0.3, 0.4) is 0 Å². The molecule has 90 valence electrons. The summed E-state index contributed by atoms with van der Waals surface area (Å²) in [4.78, 5) is 11.6. The van der Waals surface area contributed by atoms with E-state index in [9.17, 15) is 4.79 Å². The van der Waals surface area contributed by atoms with E-state index in [0.717, 1.165) is 24.6 Å². The number of rotatable bonds is 3. The van der Waals surface area contributed by atoms with Gasteiger partial charge in [-0.1, -0.05) is 6.07 Å². The predicted molar refractivity (Wildman–Crippen MR) is 68.2 cm³/mol. The van der Waals surface area contributed by atoms with E-state index in [0.29, 0.717) is 0 Å². The highest BCUT2D eigenvalue weighted by molar-refractivity contribution is 5.89. The average Bonchev–Trinajstić information content (AvgIpc) is 3.04. The Morgan fingerprint density at radius 1 is 1.24 bits per heavy atom. The fourth-order valence-corrected chi connectivity index (χ4v) is 2.38. The summed E-state index contributed by atoms with van der Waals surface area (Å²) in [7, 11) is 0. The largest absolute Gasteiger partial charge is 0.338 e. The van der Waals surface area contributed by atoms with E-state index in [1.54, 1.807) is 0 Å². The van der Waals surface area contributed by atoms with Crippen LogP contribution in [0.4, 0.5) is 10.5 Å². The van der Waals surface area contributed by atoms with Crippen molar-refractivity contribution in [3.8, 4) is 0 Å². The van der Waals surface area contributed by atoms with Gasteiger partial charge in [0.15, 0.2) is 0 Å². The number of urea groups is 1. The number of fused-ring (bicyclic) bond motifs is 1. The first kappa shape index (κ1) is 10.6. The van der Waals surface area contributed by atoms with Crippen molar-refractivity contribution >= 4 is 11.7 Å². The molecule has 0 saturated heterocycles. The summed E-state index contributed by atoms with van der Waals surface area (Å²) in [6.45, 7) is 0.816. The Hall–Kier alpha value is -1.51. The number of nitrogens with one attached hydrogen (secondary N) is 2. The summed E-state index contributed by atoms with van der Waals surface area (Å²) in [5.41, 5.74) is 3.75. The lowest BCUT2D eigenvalue weighted by atomic mass is 10.1. The molecule has 1 aromatic carbocycles. The monoisotopic (exact) mass is 230 g/mol. The van der Waals surface area contributed by atoms with Gasteiger partial charge in [0, 0.05) is 12.2 Å². The van der Waals surface area contributed by atoms with E-state index >= 15 is 0 Å². The highest BCUT2D eigenvalue weighted by atomic mass is 16.2. The van der Waals surface area contributed by atoms with E-state index in [4.69, 9.17) is 0 Å². The van der Waals surface area contributed by atoms with E-state index < -0.39 is 0 Å². The topological polar surface area (TPSA) is 41.1 Å². The van der Waals surface area contributed by atoms with Gasteiger partial charge in [-0.15, -0.1) is 0 Å². The van der Waals surface area contributed by atoms with E-state index in [-0.39, 0.29) is 6.03 Å². The van der Waals surface area contributed by atoms with E-state index in [1.807, 2.05) is 6.07 Å². The Morgan fingerprint density at radius 3 is 2.88 bits per heavy atom. The molecule has 0 aliphatic heterocycles. The van der Waals surface area contributed by atoms with Crippen molar-refractivity contribution in [2.75, 3.05) is 11.9 Å². The van der Waals surface area contributed by atoms with Gasteiger partial charge in [0.25, 0.3) is 0 Å². The third-order valence-corrected chi connectivity index (χ3v) is 3.60. The molecule has 0 aromatic heterocycles. The molecular weight excluding hydrogens is 212 g/mol. The Labute approximate surface area is 102 Å². The molecule has 1 aromatic rings. The zero-order valence-electron chi connectivity index (χ0n) is 9.96. The zero-order valence-corrected chi connectivity index (χ0v) is 9.96. The smallest absolute Gasteiger partial charge is 0.319 e. The number of hydrogen-bond donors (Lipinski definition) is 2. The first-order valence-electron chi connectivity index (χ1n) is 6.48. The number of benzene rings is 1. The molecule has 0 atom stereocenters. The second-order valence-corrected chi connectivity index (χ2v) is 5.12. The number of carbonyl (C=O) groups is 1. The van der Waals surface area contributed by atoms with Crippen LogP contribution in [-0.2, 0) is 12.8 Å². The third kappa shape index (κ3) is 2.60. The second kappa shape index (κ2) is 4.40. The number of hydrogen-bond acceptors (Lipinski definition) is 1. The van der Waals surface area contributed by atoms with Crippen molar-refractivity contribution in [3.63, 3.8) is 0 Å². The Balaban J connectivity index is 1.58. The van der Waals surface area contributed by atoms with Gasteiger partial charge in [0.2, 0.25) is 0 Å². The van der Waals surface area contributed by atoms with Gasteiger partial charge in [-0.3, -0.25) is 0 Å². The second-order valence-electron chi connectivity index (χ2n) is 5.12. The van der Waals surface area contributed by atoms with Crippen LogP contribution in [-0.4, -0.2) is 12.6 Å². The van der Waals surface area contributed by atoms with Crippen LogP contribution in [0.1, 0.15) is 30.4 Å². The van der Waals surface area contributed by atoms with Crippen LogP contribution in [0, 0.1) is 5.92 Å².